The number of thiophene rings is 1. The van der Waals surface area contributed by atoms with Gasteiger partial charge in [-0.2, -0.15) is 0 Å². The summed E-state index contributed by atoms with van der Waals surface area (Å²) in [6.45, 7) is 4.71. The summed E-state index contributed by atoms with van der Waals surface area (Å²) in [5, 5.41) is 17.0. The normalized spacial score (nSPS) is 15.5. The number of benzene rings is 1. The standard InChI is InChI=1S/C22H26F3N5OS/c1-2-17-15(24)10-13-19(26)20(32-22(13)29-17)21(31)28-4-3-12-9-16(25)18(11-14(12)23)30-7-5-27-6-8-30/h9-11,21,27-28,31H,2-8,26H2,1H3. The number of fused-ring (bicyclic) bond motifs is 1. The van der Waals surface area contributed by atoms with E-state index in [0.717, 1.165) is 13.1 Å². The highest BCUT2D eigenvalue weighted by atomic mass is 32.1. The molecule has 6 nitrogen and oxygen atoms in total. The van der Waals surface area contributed by atoms with Crippen molar-refractivity contribution in [2.45, 2.75) is 26.0 Å². The highest BCUT2D eigenvalue weighted by Crippen LogP contribution is 2.36. The van der Waals surface area contributed by atoms with Crippen LogP contribution >= 0.6 is 11.3 Å². The second-order valence-electron chi connectivity index (χ2n) is 7.74. The maximum Gasteiger partial charge on any atom is 0.146 e. The molecule has 0 aliphatic carbocycles. The summed E-state index contributed by atoms with van der Waals surface area (Å²) in [5.41, 5.74) is 7.19. The zero-order valence-corrected chi connectivity index (χ0v) is 18.5. The van der Waals surface area contributed by atoms with Crippen LogP contribution in [-0.4, -0.2) is 42.8 Å². The number of hydrogen-bond donors (Lipinski definition) is 4. The number of rotatable bonds is 7. The van der Waals surface area contributed by atoms with Crippen molar-refractivity contribution in [1.29, 1.82) is 0 Å². The first-order valence-electron chi connectivity index (χ1n) is 10.6. The summed E-state index contributed by atoms with van der Waals surface area (Å²) in [6, 6.07) is 3.79. The predicted octanol–water partition coefficient (Wildman–Crippen LogP) is 3.09. The molecule has 10 heteroatoms. The number of aliphatic hydroxyl groups is 1. The summed E-state index contributed by atoms with van der Waals surface area (Å²) in [5.74, 6) is -1.37. The van der Waals surface area contributed by atoms with E-state index in [0.29, 0.717) is 40.3 Å². The van der Waals surface area contributed by atoms with E-state index < -0.39 is 23.7 Å². The molecular weight excluding hydrogens is 439 g/mol. The van der Waals surface area contributed by atoms with Crippen LogP contribution in [-0.2, 0) is 12.8 Å². The molecule has 1 atom stereocenters. The Kier molecular flexibility index (Phi) is 6.85. The Labute approximate surface area is 188 Å². The minimum Gasteiger partial charge on any atom is -0.397 e. The van der Waals surface area contributed by atoms with Crippen LogP contribution < -0.4 is 21.3 Å². The SMILES string of the molecule is CCc1nc2sc(C(O)NCCc3cc(F)c(N4CCNCC4)cc3F)c(N)c2cc1F. The predicted molar refractivity (Wildman–Crippen MR) is 121 cm³/mol. The van der Waals surface area contributed by atoms with Crippen LogP contribution in [0.4, 0.5) is 24.5 Å². The lowest BCUT2D eigenvalue weighted by Gasteiger charge is -2.30. The minimum absolute atomic E-state index is 0.180. The van der Waals surface area contributed by atoms with E-state index in [4.69, 9.17) is 5.73 Å². The second-order valence-corrected chi connectivity index (χ2v) is 8.77. The summed E-state index contributed by atoms with van der Waals surface area (Å²) in [6.07, 6.45) is -0.500. The highest BCUT2D eigenvalue weighted by molar-refractivity contribution is 7.19. The Morgan fingerprint density at radius 1 is 1.19 bits per heavy atom. The fourth-order valence-electron chi connectivity index (χ4n) is 3.88. The van der Waals surface area contributed by atoms with Crippen LogP contribution in [0.15, 0.2) is 18.2 Å². The van der Waals surface area contributed by atoms with Crippen LogP contribution in [0.3, 0.4) is 0 Å². The number of hydrogen-bond acceptors (Lipinski definition) is 7. The summed E-state index contributed by atoms with van der Waals surface area (Å²) in [7, 11) is 0. The van der Waals surface area contributed by atoms with E-state index >= 15 is 0 Å². The van der Waals surface area contributed by atoms with Crippen LogP contribution in [0.5, 0.6) is 0 Å². The maximum atomic E-state index is 14.6. The Morgan fingerprint density at radius 3 is 2.66 bits per heavy atom. The van der Waals surface area contributed by atoms with Gasteiger partial charge in [-0.1, -0.05) is 6.92 Å². The Hall–Kier alpha value is -2.40. The molecule has 2 aromatic heterocycles. The van der Waals surface area contributed by atoms with Crippen molar-refractivity contribution in [3.8, 4) is 0 Å². The molecular formula is C22H26F3N5OS. The molecule has 1 aliphatic heterocycles. The van der Waals surface area contributed by atoms with E-state index in [-0.39, 0.29) is 29.9 Å². The van der Waals surface area contributed by atoms with Gasteiger partial charge in [0.25, 0.3) is 0 Å². The Bertz CT molecular complexity index is 1120. The van der Waals surface area contributed by atoms with Gasteiger partial charge in [-0.25, -0.2) is 18.2 Å². The molecule has 0 radical (unpaired) electrons. The zero-order chi connectivity index (χ0) is 22.8. The molecule has 1 aliphatic rings. The highest BCUT2D eigenvalue weighted by Gasteiger charge is 2.20. The number of aliphatic hydroxyl groups excluding tert-OH is 1. The third-order valence-corrected chi connectivity index (χ3v) is 6.83. The third kappa shape index (κ3) is 4.54. The average molecular weight is 466 g/mol. The van der Waals surface area contributed by atoms with Crippen molar-refractivity contribution in [3.05, 3.63) is 51.8 Å². The number of anilines is 2. The number of aryl methyl sites for hydroxylation is 1. The molecule has 5 N–H and O–H groups in total. The molecule has 0 bridgehead atoms. The average Bonchev–Trinajstić information content (AvgIpc) is 3.11. The zero-order valence-electron chi connectivity index (χ0n) is 17.7. The Balaban J connectivity index is 1.43. The first kappa shape index (κ1) is 22.8. The van der Waals surface area contributed by atoms with Crippen LogP contribution in [0, 0.1) is 17.5 Å². The lowest BCUT2D eigenvalue weighted by Crippen LogP contribution is -2.44. The molecule has 0 amide bonds. The van der Waals surface area contributed by atoms with E-state index in [1.807, 2.05) is 11.8 Å². The molecule has 4 rings (SSSR count). The summed E-state index contributed by atoms with van der Waals surface area (Å²) in [4.78, 5) is 7.07. The number of nitrogens with zero attached hydrogens (tertiary/aromatic N) is 2. The van der Waals surface area contributed by atoms with Gasteiger partial charge in [0.05, 0.1) is 21.9 Å². The van der Waals surface area contributed by atoms with Crippen molar-refractivity contribution in [2.75, 3.05) is 43.4 Å². The molecule has 32 heavy (non-hydrogen) atoms. The first-order valence-corrected chi connectivity index (χ1v) is 11.4. The number of halogens is 3. The van der Waals surface area contributed by atoms with Gasteiger partial charge in [0.1, 0.15) is 28.5 Å². The quantitative estimate of drug-likeness (QED) is 0.401. The monoisotopic (exact) mass is 465 g/mol. The van der Waals surface area contributed by atoms with Crippen molar-refractivity contribution >= 4 is 32.9 Å². The number of nitrogens with two attached hydrogens (primary N) is 1. The maximum absolute atomic E-state index is 14.6. The number of aromatic nitrogens is 1. The van der Waals surface area contributed by atoms with Crippen LogP contribution in [0.1, 0.15) is 29.3 Å². The molecule has 3 heterocycles. The van der Waals surface area contributed by atoms with Gasteiger partial charge in [0.15, 0.2) is 0 Å². The molecule has 3 aromatic rings. The van der Waals surface area contributed by atoms with Crippen molar-refractivity contribution in [3.63, 3.8) is 0 Å². The first-order chi connectivity index (χ1) is 15.4. The van der Waals surface area contributed by atoms with Gasteiger partial charge < -0.3 is 21.1 Å². The number of nitrogen functional groups attached to an aromatic ring is 1. The van der Waals surface area contributed by atoms with Gasteiger partial charge >= 0.3 is 0 Å². The van der Waals surface area contributed by atoms with E-state index in [1.165, 1.54) is 29.5 Å². The summed E-state index contributed by atoms with van der Waals surface area (Å²) >= 11 is 1.18. The van der Waals surface area contributed by atoms with Crippen molar-refractivity contribution in [2.24, 2.45) is 0 Å². The topological polar surface area (TPSA) is 86.4 Å². The largest absolute Gasteiger partial charge is 0.397 e. The fourth-order valence-corrected chi connectivity index (χ4v) is 4.93. The lowest BCUT2D eigenvalue weighted by atomic mass is 10.1. The second kappa shape index (κ2) is 9.62. The molecule has 1 unspecified atom stereocenters. The van der Waals surface area contributed by atoms with E-state index in [9.17, 15) is 18.3 Å². The molecule has 172 valence electrons. The van der Waals surface area contributed by atoms with E-state index in [2.05, 4.69) is 15.6 Å². The van der Waals surface area contributed by atoms with Crippen molar-refractivity contribution in [1.82, 2.24) is 15.6 Å². The molecule has 1 saturated heterocycles. The molecule has 0 saturated carbocycles. The van der Waals surface area contributed by atoms with Crippen LogP contribution in [0.2, 0.25) is 0 Å². The number of nitrogens with one attached hydrogen (secondary N) is 2. The third-order valence-electron chi connectivity index (χ3n) is 5.66. The van der Waals surface area contributed by atoms with E-state index in [1.54, 1.807) is 0 Å². The summed E-state index contributed by atoms with van der Waals surface area (Å²) < 4.78 is 43.2. The van der Waals surface area contributed by atoms with Gasteiger partial charge in [-0.3, -0.25) is 5.32 Å². The van der Waals surface area contributed by atoms with Gasteiger partial charge in [-0.15, -0.1) is 11.3 Å². The fraction of sp³-hybridized carbons (Fsp3) is 0.409. The smallest absolute Gasteiger partial charge is 0.146 e. The van der Waals surface area contributed by atoms with Crippen molar-refractivity contribution < 1.29 is 18.3 Å². The lowest BCUT2D eigenvalue weighted by molar-refractivity contribution is 0.144. The van der Waals surface area contributed by atoms with Gasteiger partial charge in [0, 0.05) is 44.2 Å². The molecule has 0 spiro atoms. The van der Waals surface area contributed by atoms with Gasteiger partial charge in [0.2, 0.25) is 0 Å². The van der Waals surface area contributed by atoms with Gasteiger partial charge in [-0.05, 0) is 30.5 Å². The molecule has 1 aromatic carbocycles. The Morgan fingerprint density at radius 2 is 1.94 bits per heavy atom. The molecule has 1 fully saturated rings. The minimum atomic E-state index is -1.13. The van der Waals surface area contributed by atoms with Crippen LogP contribution in [0.25, 0.3) is 10.2 Å². The number of pyridine rings is 1. The number of piperazine rings is 1.